The first-order chi connectivity index (χ1) is 9.39. The summed E-state index contributed by atoms with van der Waals surface area (Å²) < 4.78 is 42.2. The number of halogens is 3. The minimum absolute atomic E-state index is 0. The molecule has 9 heteroatoms. The van der Waals surface area contributed by atoms with Crippen LogP contribution in [0.3, 0.4) is 0 Å². The quantitative estimate of drug-likeness (QED) is 0.891. The molecule has 21 heavy (non-hydrogen) atoms. The van der Waals surface area contributed by atoms with Gasteiger partial charge >= 0.3 is 12.0 Å². The first-order valence-electron chi connectivity index (χ1n) is 5.65. The van der Waals surface area contributed by atoms with E-state index in [-0.39, 0.29) is 35.2 Å². The van der Waals surface area contributed by atoms with E-state index < -0.39 is 24.7 Å². The average Bonchev–Trinajstić information content (AvgIpc) is 2.40. The van der Waals surface area contributed by atoms with Gasteiger partial charge in [0.15, 0.2) is 6.61 Å². The van der Waals surface area contributed by atoms with Crippen molar-refractivity contribution in [2.45, 2.75) is 12.0 Å². The number of aromatic hydroxyl groups is 1. The van der Waals surface area contributed by atoms with Crippen molar-refractivity contribution in [3.63, 3.8) is 0 Å². The second kappa shape index (κ2) is 6.21. The highest BCUT2D eigenvalue weighted by molar-refractivity contribution is 5.85. The van der Waals surface area contributed by atoms with Crippen LogP contribution in [0.2, 0.25) is 0 Å². The van der Waals surface area contributed by atoms with Crippen LogP contribution in [-0.2, 0) is 4.74 Å². The fourth-order valence-electron chi connectivity index (χ4n) is 2.00. The minimum atomic E-state index is -3.34. The summed E-state index contributed by atoms with van der Waals surface area (Å²) in [5.74, 6) is -3.59. The Morgan fingerprint density at radius 1 is 1.33 bits per heavy atom. The molecule has 0 spiro atoms. The highest BCUT2D eigenvalue weighted by Gasteiger charge is 2.49. The summed E-state index contributed by atoms with van der Waals surface area (Å²) in [6.45, 7) is -1.04. The van der Waals surface area contributed by atoms with Crippen LogP contribution in [0.5, 0.6) is 17.2 Å². The number of alkyl carbamates (subject to hydrolysis) is 1. The largest absolute Gasteiger partial charge is 0.508 e. The van der Waals surface area contributed by atoms with E-state index >= 15 is 0 Å². The first-order valence-corrected chi connectivity index (χ1v) is 5.65. The van der Waals surface area contributed by atoms with Crippen LogP contribution in [-0.4, -0.2) is 37.9 Å². The molecule has 1 atom stereocenters. The molecule has 0 radical (unpaired) electrons. The van der Waals surface area contributed by atoms with E-state index in [1.54, 1.807) is 0 Å². The molecule has 6 nitrogen and oxygen atoms in total. The molecule has 1 saturated heterocycles. The molecular formula is C12H14ClF2NO5. The summed E-state index contributed by atoms with van der Waals surface area (Å²) in [5.41, 5.74) is -0.0607. The Morgan fingerprint density at radius 3 is 2.33 bits per heavy atom. The highest BCUT2D eigenvalue weighted by Crippen LogP contribution is 2.44. The number of methoxy groups -OCH3 is 2. The fraction of sp³-hybridized carbons (Fsp3) is 0.417. The van der Waals surface area contributed by atoms with Gasteiger partial charge in [0.25, 0.3) is 0 Å². The van der Waals surface area contributed by atoms with Crippen molar-refractivity contribution in [1.29, 1.82) is 0 Å². The summed E-state index contributed by atoms with van der Waals surface area (Å²) in [5, 5.41) is 11.5. The monoisotopic (exact) mass is 325 g/mol. The molecule has 2 N–H and O–H groups in total. The normalized spacial score (nSPS) is 19.8. The van der Waals surface area contributed by atoms with Crippen molar-refractivity contribution in [2.75, 3.05) is 20.8 Å². The van der Waals surface area contributed by atoms with E-state index in [0.29, 0.717) is 0 Å². The van der Waals surface area contributed by atoms with Crippen molar-refractivity contribution in [1.82, 2.24) is 5.32 Å². The van der Waals surface area contributed by atoms with Crippen LogP contribution in [0.25, 0.3) is 0 Å². The van der Waals surface area contributed by atoms with Crippen LogP contribution >= 0.6 is 12.4 Å². The van der Waals surface area contributed by atoms with Crippen LogP contribution in [0.4, 0.5) is 13.6 Å². The van der Waals surface area contributed by atoms with Gasteiger partial charge in [-0.25, -0.2) is 13.6 Å². The molecule has 0 aliphatic carbocycles. The Labute approximate surface area is 125 Å². The highest BCUT2D eigenvalue weighted by atomic mass is 35.5. The van der Waals surface area contributed by atoms with E-state index in [0.717, 1.165) is 12.1 Å². The maximum Gasteiger partial charge on any atom is 0.408 e. The summed E-state index contributed by atoms with van der Waals surface area (Å²) in [6, 6.07) is 0.653. The lowest BCUT2D eigenvalue weighted by molar-refractivity contribution is -0.105. The van der Waals surface area contributed by atoms with Gasteiger partial charge in [-0.05, 0) is 0 Å². The van der Waals surface area contributed by atoms with Gasteiger partial charge in [-0.2, -0.15) is 0 Å². The van der Waals surface area contributed by atoms with Gasteiger partial charge in [-0.3, -0.25) is 0 Å². The molecule has 0 bridgehead atoms. The Kier molecular flexibility index (Phi) is 5.06. The first kappa shape index (κ1) is 17.1. The summed E-state index contributed by atoms with van der Waals surface area (Å²) >= 11 is 0. The second-order valence-corrected chi connectivity index (χ2v) is 4.18. The van der Waals surface area contributed by atoms with Crippen molar-refractivity contribution in [2.24, 2.45) is 0 Å². The Balaban J connectivity index is 0.00000220. The molecular weight excluding hydrogens is 312 g/mol. The molecule has 1 heterocycles. The van der Waals surface area contributed by atoms with E-state index in [1.165, 1.54) is 14.2 Å². The average molecular weight is 326 g/mol. The Bertz CT molecular complexity index is 515. The fourth-order valence-corrected chi connectivity index (χ4v) is 2.00. The number of amides is 1. The smallest absolute Gasteiger partial charge is 0.408 e. The summed E-state index contributed by atoms with van der Waals surface area (Å²) in [6.07, 6.45) is -0.960. The molecule has 0 aromatic heterocycles. The molecule has 0 saturated carbocycles. The van der Waals surface area contributed by atoms with Crippen molar-refractivity contribution >= 4 is 18.5 Å². The number of hydrogen-bond donors (Lipinski definition) is 2. The number of phenols is 1. The number of carbonyl (C=O) groups is 1. The number of rotatable bonds is 3. The molecule has 1 aromatic carbocycles. The van der Waals surface area contributed by atoms with Crippen molar-refractivity contribution in [3.8, 4) is 17.2 Å². The van der Waals surface area contributed by atoms with Crippen LogP contribution < -0.4 is 14.8 Å². The zero-order valence-electron chi connectivity index (χ0n) is 11.2. The number of hydrogen-bond acceptors (Lipinski definition) is 5. The number of alkyl halides is 2. The molecule has 118 valence electrons. The van der Waals surface area contributed by atoms with Crippen LogP contribution in [0, 0.1) is 0 Å². The number of ether oxygens (including phenoxy) is 3. The zero-order chi connectivity index (χ0) is 14.9. The number of phenolic OH excluding ortho intramolecular Hbond substituents is 1. The van der Waals surface area contributed by atoms with Gasteiger partial charge in [0.05, 0.1) is 19.8 Å². The Hall–Kier alpha value is -1.96. The number of benzene rings is 1. The SMILES string of the molecule is COc1cc(O)cc(OC)c1[C@H]1NC(=O)OCC1(F)F.Cl. The van der Waals surface area contributed by atoms with Crippen molar-refractivity contribution in [3.05, 3.63) is 17.7 Å². The van der Waals surface area contributed by atoms with Gasteiger partial charge in [0.2, 0.25) is 0 Å². The third-order valence-electron chi connectivity index (χ3n) is 2.90. The molecule has 1 fully saturated rings. The molecule has 1 aromatic rings. The maximum atomic E-state index is 13.9. The standard InChI is InChI=1S/C12H13F2NO5.ClH/c1-18-7-3-6(16)4-8(19-2)9(7)10-12(13,14)5-20-11(17)15-10;/h3-4,10,16H,5H2,1-2H3,(H,15,17);1H/t10-;/m1./s1. The van der Waals surface area contributed by atoms with Gasteiger partial charge in [0.1, 0.15) is 23.3 Å². The molecule has 1 amide bonds. The number of carbonyl (C=O) groups excluding carboxylic acids is 1. The number of nitrogens with one attached hydrogen (secondary N) is 1. The lowest BCUT2D eigenvalue weighted by Crippen LogP contribution is -2.49. The summed E-state index contributed by atoms with van der Waals surface area (Å²) in [4.78, 5) is 11.2. The second-order valence-electron chi connectivity index (χ2n) is 4.18. The van der Waals surface area contributed by atoms with Gasteiger partial charge < -0.3 is 24.6 Å². The van der Waals surface area contributed by atoms with Crippen LogP contribution in [0.15, 0.2) is 12.1 Å². The van der Waals surface area contributed by atoms with E-state index in [9.17, 15) is 18.7 Å². The maximum absolute atomic E-state index is 13.9. The molecule has 0 unspecified atom stereocenters. The molecule has 1 aliphatic heterocycles. The Morgan fingerprint density at radius 2 is 1.86 bits per heavy atom. The lowest BCUT2D eigenvalue weighted by Gasteiger charge is -2.33. The van der Waals surface area contributed by atoms with Gasteiger partial charge in [-0.15, -0.1) is 12.4 Å². The predicted molar refractivity (Wildman–Crippen MR) is 70.6 cm³/mol. The topological polar surface area (TPSA) is 77.0 Å². The van der Waals surface area contributed by atoms with Crippen LogP contribution in [0.1, 0.15) is 11.6 Å². The van der Waals surface area contributed by atoms with Crippen molar-refractivity contribution < 1.29 is 32.9 Å². The van der Waals surface area contributed by atoms with E-state index in [2.05, 4.69) is 4.74 Å². The third-order valence-corrected chi connectivity index (χ3v) is 2.90. The third kappa shape index (κ3) is 3.21. The van der Waals surface area contributed by atoms with Gasteiger partial charge in [-0.1, -0.05) is 0 Å². The van der Waals surface area contributed by atoms with E-state index in [4.69, 9.17) is 9.47 Å². The minimum Gasteiger partial charge on any atom is -0.508 e. The summed E-state index contributed by atoms with van der Waals surface area (Å²) in [7, 11) is 2.52. The molecule has 1 aliphatic rings. The van der Waals surface area contributed by atoms with E-state index in [1.807, 2.05) is 5.32 Å². The zero-order valence-corrected chi connectivity index (χ0v) is 12.0. The number of cyclic esters (lactones) is 1. The molecule has 2 rings (SSSR count). The van der Waals surface area contributed by atoms with Gasteiger partial charge in [0, 0.05) is 12.1 Å². The predicted octanol–water partition coefficient (Wildman–Crippen LogP) is 2.25. The lowest BCUT2D eigenvalue weighted by atomic mass is 9.97.